The second kappa shape index (κ2) is 6.61. The molecule has 1 fully saturated rings. The number of morpholine rings is 1. The van der Waals surface area contributed by atoms with E-state index in [1.807, 2.05) is 6.07 Å². The number of fused-ring (bicyclic) bond motifs is 1. The Labute approximate surface area is 146 Å². The first kappa shape index (κ1) is 17.6. The molecule has 2 unspecified atom stereocenters. The Hall–Kier alpha value is -2.19. The van der Waals surface area contributed by atoms with Crippen LogP contribution in [0.4, 0.5) is 11.6 Å². The van der Waals surface area contributed by atoms with Crippen LogP contribution in [-0.4, -0.2) is 56.6 Å². The van der Waals surface area contributed by atoms with Crippen molar-refractivity contribution in [1.29, 1.82) is 0 Å². The lowest BCUT2D eigenvalue weighted by atomic mass is 10.00. The molecule has 0 radical (unpaired) electrons. The molecule has 0 saturated carbocycles. The molecule has 8 heteroatoms. The maximum absolute atomic E-state index is 11.5. The van der Waals surface area contributed by atoms with Crippen molar-refractivity contribution in [3.8, 4) is 0 Å². The van der Waals surface area contributed by atoms with Crippen LogP contribution < -0.4 is 5.32 Å². The Morgan fingerprint density at radius 1 is 1.36 bits per heavy atom. The molecule has 1 aliphatic rings. The summed E-state index contributed by atoms with van der Waals surface area (Å²) in [5.74, 6) is 0.272. The van der Waals surface area contributed by atoms with E-state index >= 15 is 0 Å². The number of ether oxygens (including phenoxy) is 1. The van der Waals surface area contributed by atoms with Crippen LogP contribution in [0.5, 0.6) is 0 Å². The van der Waals surface area contributed by atoms with Crippen molar-refractivity contribution >= 4 is 17.3 Å². The van der Waals surface area contributed by atoms with Crippen LogP contribution in [0.25, 0.3) is 5.65 Å². The van der Waals surface area contributed by atoms with Crippen LogP contribution in [-0.2, 0) is 4.74 Å². The van der Waals surface area contributed by atoms with E-state index in [0.717, 1.165) is 13.1 Å². The lowest BCUT2D eigenvalue weighted by molar-refractivity contribution is -0.389. The molecule has 2 aromatic rings. The summed E-state index contributed by atoms with van der Waals surface area (Å²) < 4.78 is 7.29. The van der Waals surface area contributed by atoms with Crippen molar-refractivity contribution in [2.24, 2.45) is 0 Å². The molecule has 1 N–H and O–H groups in total. The molecule has 2 aromatic heterocycles. The fourth-order valence-corrected chi connectivity index (χ4v) is 3.36. The van der Waals surface area contributed by atoms with Crippen LogP contribution in [0.15, 0.2) is 24.4 Å². The maximum Gasteiger partial charge on any atom is 0.372 e. The maximum atomic E-state index is 11.5. The third-order valence-corrected chi connectivity index (χ3v) is 4.64. The van der Waals surface area contributed by atoms with Crippen LogP contribution in [0.2, 0.25) is 0 Å². The largest absolute Gasteiger partial charge is 0.373 e. The molecule has 0 aliphatic carbocycles. The van der Waals surface area contributed by atoms with Gasteiger partial charge in [0.1, 0.15) is 0 Å². The second-order valence-electron chi connectivity index (χ2n) is 7.30. The summed E-state index contributed by atoms with van der Waals surface area (Å²) in [7, 11) is 0. The number of pyridine rings is 1. The monoisotopic (exact) mass is 347 g/mol. The van der Waals surface area contributed by atoms with Gasteiger partial charge in [0.25, 0.3) is 0 Å². The standard InChI is InChI=1S/C17H25N5O3/c1-12-9-20(10-13(2)25-12)17(3,4)11-18-15-16(22(23)24)21-8-6-5-7-14(21)19-15/h5-8,12-13,18H,9-11H2,1-4H3. The number of anilines is 1. The number of aromatic nitrogens is 2. The molecule has 1 aliphatic heterocycles. The molecule has 8 nitrogen and oxygen atoms in total. The highest BCUT2D eigenvalue weighted by atomic mass is 16.6. The molecule has 1 saturated heterocycles. The second-order valence-corrected chi connectivity index (χ2v) is 7.30. The number of hydrogen-bond acceptors (Lipinski definition) is 6. The van der Waals surface area contributed by atoms with Gasteiger partial charge in [0.2, 0.25) is 11.5 Å². The molecule has 136 valence electrons. The van der Waals surface area contributed by atoms with Crippen molar-refractivity contribution in [2.75, 3.05) is 25.0 Å². The van der Waals surface area contributed by atoms with Gasteiger partial charge in [-0.3, -0.25) is 4.90 Å². The van der Waals surface area contributed by atoms with E-state index in [0.29, 0.717) is 18.0 Å². The van der Waals surface area contributed by atoms with Gasteiger partial charge in [0.05, 0.1) is 18.4 Å². The highest BCUT2D eigenvalue weighted by Gasteiger charge is 2.34. The normalized spacial score (nSPS) is 22.2. The van der Waals surface area contributed by atoms with Crippen LogP contribution in [0.1, 0.15) is 27.7 Å². The van der Waals surface area contributed by atoms with Crippen LogP contribution in [0, 0.1) is 10.1 Å². The van der Waals surface area contributed by atoms with E-state index < -0.39 is 4.92 Å². The van der Waals surface area contributed by atoms with E-state index in [9.17, 15) is 10.1 Å². The van der Waals surface area contributed by atoms with Crippen molar-refractivity contribution in [3.63, 3.8) is 0 Å². The molecular formula is C17H25N5O3. The van der Waals surface area contributed by atoms with Gasteiger partial charge in [-0.2, -0.15) is 9.38 Å². The molecule has 2 atom stereocenters. The third kappa shape index (κ3) is 3.59. The first-order valence-corrected chi connectivity index (χ1v) is 8.54. The Bertz CT molecular complexity index is 763. The smallest absolute Gasteiger partial charge is 0.372 e. The number of nitrogens with zero attached hydrogens (tertiary/aromatic N) is 4. The van der Waals surface area contributed by atoms with E-state index in [2.05, 4.69) is 42.9 Å². The predicted molar refractivity (Wildman–Crippen MR) is 96.0 cm³/mol. The minimum atomic E-state index is -0.395. The SMILES string of the molecule is CC1CN(C(C)(C)CNc2nc3ccccn3c2[N+](=O)[O-])CC(C)O1. The lowest BCUT2D eigenvalue weighted by Gasteiger charge is -2.45. The molecule has 25 heavy (non-hydrogen) atoms. The zero-order valence-corrected chi connectivity index (χ0v) is 15.1. The minimum absolute atomic E-state index is 0.0323. The summed E-state index contributed by atoms with van der Waals surface area (Å²) in [4.78, 5) is 17.8. The highest BCUT2D eigenvalue weighted by Crippen LogP contribution is 2.27. The Balaban J connectivity index is 1.80. The Kier molecular flexibility index (Phi) is 4.66. The minimum Gasteiger partial charge on any atom is -0.373 e. The quantitative estimate of drug-likeness (QED) is 0.661. The number of imidazole rings is 1. The molecule has 0 amide bonds. The zero-order chi connectivity index (χ0) is 18.2. The third-order valence-electron chi connectivity index (χ3n) is 4.64. The fraction of sp³-hybridized carbons (Fsp3) is 0.588. The van der Waals surface area contributed by atoms with Crippen molar-refractivity contribution in [1.82, 2.24) is 14.3 Å². The van der Waals surface area contributed by atoms with Crippen molar-refractivity contribution in [3.05, 3.63) is 34.5 Å². The molecule has 3 heterocycles. The van der Waals surface area contributed by atoms with E-state index in [4.69, 9.17) is 4.74 Å². The molecule has 0 bridgehead atoms. The Morgan fingerprint density at radius 2 is 2.04 bits per heavy atom. The molecule has 3 rings (SSSR count). The number of hydrogen-bond donors (Lipinski definition) is 1. The summed E-state index contributed by atoms with van der Waals surface area (Å²) in [6.07, 6.45) is 2.00. The average Bonchev–Trinajstić information content (AvgIpc) is 2.90. The lowest BCUT2D eigenvalue weighted by Crippen LogP contribution is -2.57. The van der Waals surface area contributed by atoms with E-state index in [1.54, 1.807) is 18.3 Å². The van der Waals surface area contributed by atoms with Gasteiger partial charge in [-0.25, -0.2) is 0 Å². The van der Waals surface area contributed by atoms with Gasteiger partial charge < -0.3 is 20.2 Å². The summed E-state index contributed by atoms with van der Waals surface area (Å²) >= 11 is 0. The summed E-state index contributed by atoms with van der Waals surface area (Å²) in [5.41, 5.74) is 0.374. The van der Waals surface area contributed by atoms with E-state index in [1.165, 1.54) is 4.40 Å². The van der Waals surface area contributed by atoms with Crippen LogP contribution >= 0.6 is 0 Å². The number of rotatable bonds is 5. The van der Waals surface area contributed by atoms with Crippen molar-refractivity contribution in [2.45, 2.75) is 45.4 Å². The van der Waals surface area contributed by atoms with Gasteiger partial charge in [0.15, 0.2) is 0 Å². The van der Waals surface area contributed by atoms with Crippen LogP contribution in [0.3, 0.4) is 0 Å². The van der Waals surface area contributed by atoms with Gasteiger partial charge in [-0.1, -0.05) is 6.07 Å². The summed E-state index contributed by atoms with van der Waals surface area (Å²) in [6, 6.07) is 5.33. The van der Waals surface area contributed by atoms with Gasteiger partial charge in [0, 0.05) is 31.2 Å². The average molecular weight is 347 g/mol. The Morgan fingerprint density at radius 3 is 2.68 bits per heavy atom. The highest BCUT2D eigenvalue weighted by molar-refractivity contribution is 5.62. The number of nitrogens with one attached hydrogen (secondary N) is 1. The zero-order valence-electron chi connectivity index (χ0n) is 15.1. The fourth-order valence-electron chi connectivity index (χ4n) is 3.36. The summed E-state index contributed by atoms with van der Waals surface area (Å²) in [6.45, 7) is 10.6. The topological polar surface area (TPSA) is 84.9 Å². The first-order valence-electron chi connectivity index (χ1n) is 8.54. The molecule has 0 aromatic carbocycles. The molecule has 0 spiro atoms. The van der Waals surface area contributed by atoms with Gasteiger partial charge >= 0.3 is 5.82 Å². The first-order chi connectivity index (χ1) is 11.8. The van der Waals surface area contributed by atoms with Crippen molar-refractivity contribution < 1.29 is 9.66 Å². The number of nitro groups is 1. The van der Waals surface area contributed by atoms with E-state index in [-0.39, 0.29) is 23.6 Å². The van der Waals surface area contributed by atoms with Gasteiger partial charge in [-0.05, 0) is 38.7 Å². The predicted octanol–water partition coefficient (Wildman–Crippen LogP) is 2.54. The van der Waals surface area contributed by atoms with Gasteiger partial charge in [-0.15, -0.1) is 0 Å². The molecular weight excluding hydrogens is 322 g/mol. The summed E-state index contributed by atoms with van der Waals surface area (Å²) in [5, 5.41) is 14.7.